The molecule has 3 aliphatic carbocycles. The zero-order valence-corrected chi connectivity index (χ0v) is 20.3. The highest BCUT2D eigenvalue weighted by Crippen LogP contribution is 2.60. The molecule has 0 aromatic carbocycles. The van der Waals surface area contributed by atoms with Gasteiger partial charge in [0.25, 0.3) is 0 Å². The second-order valence-electron chi connectivity index (χ2n) is 10.6. The van der Waals surface area contributed by atoms with Gasteiger partial charge in [0.05, 0.1) is 12.2 Å². The minimum atomic E-state index is -0.907. The Balaban J connectivity index is 2.34. The maximum Gasteiger partial charge on any atom is 0.302 e. The van der Waals surface area contributed by atoms with Crippen LogP contribution in [-0.2, 0) is 23.8 Å². The first-order chi connectivity index (χ1) is 14.8. The maximum absolute atomic E-state index is 12.3. The summed E-state index contributed by atoms with van der Waals surface area (Å²) in [6.45, 7) is 14.9. The molecule has 0 aromatic heterocycles. The van der Waals surface area contributed by atoms with Crippen LogP contribution < -0.4 is 0 Å². The molecule has 7 heteroatoms. The van der Waals surface area contributed by atoms with E-state index in [1.807, 2.05) is 27.7 Å². The minimum absolute atomic E-state index is 0.403. The van der Waals surface area contributed by atoms with E-state index in [9.17, 15) is 19.8 Å². The van der Waals surface area contributed by atoms with Gasteiger partial charge in [-0.25, -0.2) is 0 Å². The fraction of sp³-hybridized carbons (Fsp3) is 0.760. The highest BCUT2D eigenvalue weighted by molar-refractivity contribution is 5.67. The Morgan fingerprint density at radius 2 is 1.69 bits per heavy atom. The summed E-state index contributed by atoms with van der Waals surface area (Å²) in [4.78, 5) is 24.4. The number of rotatable bonds is 3. The topological polar surface area (TPSA) is 102 Å². The lowest BCUT2D eigenvalue weighted by Crippen LogP contribution is -2.64. The van der Waals surface area contributed by atoms with Crippen molar-refractivity contribution >= 4 is 11.9 Å². The summed E-state index contributed by atoms with van der Waals surface area (Å²) in [6, 6.07) is 0. The van der Waals surface area contributed by atoms with Gasteiger partial charge in [-0.15, -0.1) is 0 Å². The van der Waals surface area contributed by atoms with Crippen molar-refractivity contribution in [1.82, 2.24) is 0 Å². The summed E-state index contributed by atoms with van der Waals surface area (Å²) in [5, 5.41) is 22.5. The standard InChI is InChI=1S/C25H38O7/c1-12-11-17(31-14(3)26)20-21(32-15(4)27)19-13(2)16(28)9-10-25(19,7)23(29)22(30-8)18(12)24(20,5)6/h16-17,19-23,28-29H,2,9-11H2,1,3-8H3/t16-,17-,19-,20-,21-,22+,23-,25+/m0/s1. The largest absolute Gasteiger partial charge is 0.462 e. The second kappa shape index (κ2) is 8.58. The third-order valence-corrected chi connectivity index (χ3v) is 8.19. The van der Waals surface area contributed by atoms with Crippen LogP contribution in [0.5, 0.6) is 0 Å². The molecule has 0 spiro atoms. The van der Waals surface area contributed by atoms with Gasteiger partial charge in [0.2, 0.25) is 0 Å². The Hall–Kier alpha value is -1.70. The average molecular weight is 451 g/mol. The lowest BCUT2D eigenvalue weighted by molar-refractivity contribution is -0.198. The number of carbonyl (C=O) groups excluding carboxylic acids is 2. The number of fused-ring (bicyclic) bond motifs is 3. The summed E-state index contributed by atoms with van der Waals surface area (Å²) in [5.74, 6) is -1.82. The van der Waals surface area contributed by atoms with Gasteiger partial charge in [-0.2, -0.15) is 0 Å². The molecule has 0 radical (unpaired) electrons. The molecule has 3 rings (SSSR count). The summed E-state index contributed by atoms with van der Waals surface area (Å²) < 4.78 is 17.7. The highest BCUT2D eigenvalue weighted by atomic mass is 16.6. The number of aliphatic hydroxyl groups is 2. The van der Waals surface area contributed by atoms with E-state index in [4.69, 9.17) is 14.2 Å². The zero-order valence-electron chi connectivity index (χ0n) is 20.3. The third kappa shape index (κ3) is 3.82. The lowest BCUT2D eigenvalue weighted by atomic mass is 9.49. The van der Waals surface area contributed by atoms with E-state index in [0.717, 1.165) is 11.1 Å². The first-order valence-electron chi connectivity index (χ1n) is 11.4. The summed E-state index contributed by atoms with van der Waals surface area (Å²) in [5.41, 5.74) is 1.09. The Labute approximate surface area is 190 Å². The highest BCUT2D eigenvalue weighted by Gasteiger charge is 2.63. The molecular formula is C25H38O7. The van der Waals surface area contributed by atoms with Gasteiger partial charge in [-0.3, -0.25) is 9.59 Å². The van der Waals surface area contributed by atoms with Gasteiger partial charge >= 0.3 is 11.9 Å². The van der Waals surface area contributed by atoms with E-state index in [0.29, 0.717) is 24.8 Å². The average Bonchev–Trinajstić information content (AvgIpc) is 2.65. The number of aliphatic hydroxyl groups excluding tert-OH is 2. The maximum atomic E-state index is 12.3. The molecule has 2 bridgehead atoms. The van der Waals surface area contributed by atoms with Crippen molar-refractivity contribution in [1.29, 1.82) is 0 Å². The van der Waals surface area contributed by atoms with Crippen LogP contribution in [0.1, 0.15) is 60.8 Å². The van der Waals surface area contributed by atoms with Crippen molar-refractivity contribution in [3.63, 3.8) is 0 Å². The van der Waals surface area contributed by atoms with Crippen LogP contribution in [0.25, 0.3) is 0 Å². The van der Waals surface area contributed by atoms with Gasteiger partial charge in [0.15, 0.2) is 0 Å². The Kier molecular flexibility index (Phi) is 6.68. The van der Waals surface area contributed by atoms with Gasteiger partial charge in [-0.05, 0) is 36.3 Å². The van der Waals surface area contributed by atoms with E-state index in [1.165, 1.54) is 13.8 Å². The summed E-state index contributed by atoms with van der Waals surface area (Å²) >= 11 is 0. The molecule has 0 saturated heterocycles. The van der Waals surface area contributed by atoms with Crippen LogP contribution in [0, 0.1) is 22.7 Å². The number of hydrogen-bond donors (Lipinski definition) is 2. The molecule has 3 aliphatic rings. The molecule has 0 amide bonds. The van der Waals surface area contributed by atoms with Gasteiger partial charge in [-0.1, -0.05) is 32.9 Å². The molecule has 0 aliphatic heterocycles. The van der Waals surface area contributed by atoms with Crippen molar-refractivity contribution in [2.24, 2.45) is 22.7 Å². The number of methoxy groups -OCH3 is 1. The smallest absolute Gasteiger partial charge is 0.302 e. The predicted octanol–water partition coefficient (Wildman–Crippen LogP) is 2.94. The van der Waals surface area contributed by atoms with Gasteiger partial charge in [0.1, 0.15) is 18.3 Å². The molecule has 0 aromatic rings. The van der Waals surface area contributed by atoms with Crippen LogP contribution in [0.15, 0.2) is 23.3 Å². The minimum Gasteiger partial charge on any atom is -0.462 e. The zero-order chi connectivity index (χ0) is 24.2. The van der Waals surface area contributed by atoms with Gasteiger partial charge < -0.3 is 24.4 Å². The Morgan fingerprint density at radius 3 is 2.22 bits per heavy atom. The molecular weight excluding hydrogens is 412 g/mol. The van der Waals surface area contributed by atoms with Crippen molar-refractivity contribution in [2.75, 3.05) is 7.11 Å². The molecule has 180 valence electrons. The molecule has 2 fully saturated rings. The SMILES string of the molecule is C=C1[C@@H](O)CC[C@@]2(C)[C@@H](O)[C@H](OC)C3=C(C)C[C@H](OC(C)=O)[C@@H]([C@@H](OC(C)=O)[C@H]12)C3(C)C. The molecule has 32 heavy (non-hydrogen) atoms. The third-order valence-electron chi connectivity index (χ3n) is 8.19. The van der Waals surface area contributed by atoms with E-state index in [1.54, 1.807) is 7.11 Å². The number of esters is 2. The fourth-order valence-corrected chi connectivity index (χ4v) is 6.92. The van der Waals surface area contributed by atoms with Crippen LogP contribution in [0.3, 0.4) is 0 Å². The van der Waals surface area contributed by atoms with Crippen LogP contribution in [0.4, 0.5) is 0 Å². The molecule has 2 saturated carbocycles. The van der Waals surface area contributed by atoms with E-state index >= 15 is 0 Å². The first-order valence-corrected chi connectivity index (χ1v) is 11.4. The quantitative estimate of drug-likeness (QED) is 0.503. The molecule has 0 heterocycles. The van der Waals surface area contributed by atoms with Crippen molar-refractivity contribution in [2.45, 2.75) is 91.3 Å². The van der Waals surface area contributed by atoms with Crippen LogP contribution in [0.2, 0.25) is 0 Å². The second-order valence-corrected chi connectivity index (χ2v) is 10.6. The van der Waals surface area contributed by atoms with Gasteiger partial charge in [0, 0.05) is 44.6 Å². The van der Waals surface area contributed by atoms with Crippen LogP contribution >= 0.6 is 0 Å². The van der Waals surface area contributed by atoms with E-state index < -0.39 is 65.1 Å². The molecule has 8 atom stereocenters. The number of ether oxygens (including phenoxy) is 3. The number of hydrogen-bond acceptors (Lipinski definition) is 7. The normalized spacial score (nSPS) is 41.3. The Morgan fingerprint density at radius 1 is 1.09 bits per heavy atom. The molecule has 7 nitrogen and oxygen atoms in total. The number of carbonyl (C=O) groups is 2. The van der Waals surface area contributed by atoms with E-state index in [2.05, 4.69) is 6.58 Å². The summed E-state index contributed by atoms with van der Waals surface area (Å²) in [6.07, 6.45) is -2.12. The van der Waals surface area contributed by atoms with Crippen molar-refractivity contribution < 1.29 is 34.0 Å². The summed E-state index contributed by atoms with van der Waals surface area (Å²) in [7, 11) is 1.59. The first kappa shape index (κ1) is 24.9. The van der Waals surface area contributed by atoms with Crippen LogP contribution in [-0.4, -0.2) is 59.8 Å². The molecule has 0 unspecified atom stereocenters. The van der Waals surface area contributed by atoms with Crippen molar-refractivity contribution in [3.05, 3.63) is 23.3 Å². The predicted molar refractivity (Wildman–Crippen MR) is 118 cm³/mol. The molecule has 2 N–H and O–H groups in total. The van der Waals surface area contributed by atoms with Crippen molar-refractivity contribution in [3.8, 4) is 0 Å². The lowest BCUT2D eigenvalue weighted by Gasteiger charge is -2.60. The fourth-order valence-electron chi connectivity index (χ4n) is 6.92. The Bertz CT molecular complexity index is 828. The monoisotopic (exact) mass is 450 g/mol. The van der Waals surface area contributed by atoms with E-state index in [-0.39, 0.29) is 0 Å².